The van der Waals surface area contributed by atoms with Crippen molar-refractivity contribution in [3.05, 3.63) is 60.0 Å². The van der Waals surface area contributed by atoms with Crippen LogP contribution in [-0.4, -0.2) is 35.3 Å². The van der Waals surface area contributed by atoms with Gasteiger partial charge in [-0.3, -0.25) is 5.01 Å². The van der Waals surface area contributed by atoms with Gasteiger partial charge in [0.1, 0.15) is 5.82 Å². The Labute approximate surface area is 156 Å². The number of nitrogens with zero attached hydrogens (tertiary/aromatic N) is 4. The van der Waals surface area contributed by atoms with Crippen LogP contribution in [0, 0.1) is 12.8 Å². The van der Waals surface area contributed by atoms with E-state index in [1.165, 1.54) is 16.8 Å². The third-order valence-electron chi connectivity index (χ3n) is 5.72. The second-order valence-corrected chi connectivity index (χ2v) is 7.52. The molecule has 1 saturated heterocycles. The summed E-state index contributed by atoms with van der Waals surface area (Å²) >= 11 is 0. The molecule has 0 amide bonds. The molecule has 0 spiro atoms. The van der Waals surface area contributed by atoms with Gasteiger partial charge in [-0.05, 0) is 49.8 Å². The number of allylic oxidation sites excluding steroid dienone is 3. The van der Waals surface area contributed by atoms with Crippen LogP contribution in [0.2, 0.25) is 0 Å². The number of pyridine rings is 1. The lowest BCUT2D eigenvalue weighted by molar-refractivity contribution is 0.270. The van der Waals surface area contributed by atoms with Crippen LogP contribution in [-0.2, 0) is 0 Å². The molecular formula is C22H28N4. The van der Waals surface area contributed by atoms with Gasteiger partial charge in [0.25, 0.3) is 0 Å². The molecule has 0 saturated carbocycles. The first kappa shape index (κ1) is 17.1. The molecule has 136 valence electrons. The topological polar surface area (TPSA) is 31.7 Å². The van der Waals surface area contributed by atoms with E-state index in [-0.39, 0.29) is 0 Å². The Bertz CT molecular complexity index is 736. The van der Waals surface area contributed by atoms with E-state index in [1.807, 2.05) is 12.4 Å². The van der Waals surface area contributed by atoms with Crippen LogP contribution in [0.4, 0.5) is 5.82 Å². The minimum atomic E-state index is 0.343. The third-order valence-corrected chi connectivity index (χ3v) is 5.72. The Kier molecular flexibility index (Phi) is 4.91. The smallest absolute Gasteiger partial charge is 0.128 e. The third kappa shape index (κ3) is 3.46. The van der Waals surface area contributed by atoms with Crippen LogP contribution in [0.25, 0.3) is 0 Å². The molecular weight excluding hydrogens is 320 g/mol. The van der Waals surface area contributed by atoms with E-state index in [2.05, 4.69) is 63.9 Å². The standard InChI is InChI=1S/C22H28N4/c1-17-8-9-22(23-16-17)25-14-11-19(12-15-25)18(2)26-21(10-13-24-26)20-6-4-3-5-7-20/h4,6-9,13,16,19,21H,2-3,5,10-12,14-15H2,1H3. The number of anilines is 1. The number of piperidine rings is 1. The maximum Gasteiger partial charge on any atom is 0.128 e. The fraction of sp³-hybridized carbons (Fsp3) is 0.455. The average Bonchev–Trinajstić information content (AvgIpc) is 3.19. The fourth-order valence-corrected chi connectivity index (χ4v) is 4.12. The minimum absolute atomic E-state index is 0.343. The molecule has 0 radical (unpaired) electrons. The molecule has 1 atom stereocenters. The molecule has 4 rings (SSSR count). The van der Waals surface area contributed by atoms with Crippen molar-refractivity contribution in [1.29, 1.82) is 0 Å². The molecule has 1 aliphatic carbocycles. The van der Waals surface area contributed by atoms with E-state index >= 15 is 0 Å². The van der Waals surface area contributed by atoms with E-state index in [4.69, 9.17) is 0 Å². The molecule has 1 aromatic heterocycles. The van der Waals surface area contributed by atoms with Gasteiger partial charge in [-0.2, -0.15) is 5.10 Å². The molecule has 1 fully saturated rings. The predicted molar refractivity (Wildman–Crippen MR) is 108 cm³/mol. The van der Waals surface area contributed by atoms with Crippen molar-refractivity contribution in [3.8, 4) is 0 Å². The molecule has 3 aliphatic rings. The highest BCUT2D eigenvalue weighted by Crippen LogP contribution is 2.34. The Hall–Kier alpha value is -2.36. The normalized spacial score (nSPS) is 23.4. The van der Waals surface area contributed by atoms with E-state index < -0.39 is 0 Å². The second kappa shape index (κ2) is 7.48. The van der Waals surface area contributed by atoms with Gasteiger partial charge in [-0.1, -0.05) is 30.9 Å². The lowest BCUT2D eigenvalue weighted by atomic mass is 9.91. The van der Waals surface area contributed by atoms with Gasteiger partial charge in [0.15, 0.2) is 0 Å². The molecule has 26 heavy (non-hydrogen) atoms. The number of hydrogen-bond donors (Lipinski definition) is 0. The van der Waals surface area contributed by atoms with Crippen LogP contribution in [0.15, 0.2) is 59.5 Å². The van der Waals surface area contributed by atoms with Crippen molar-refractivity contribution in [1.82, 2.24) is 9.99 Å². The molecule has 1 aromatic rings. The van der Waals surface area contributed by atoms with Crippen molar-refractivity contribution in [2.75, 3.05) is 18.0 Å². The zero-order valence-corrected chi connectivity index (χ0v) is 15.6. The summed E-state index contributed by atoms with van der Waals surface area (Å²) in [5.74, 6) is 1.59. The molecule has 0 N–H and O–H groups in total. The van der Waals surface area contributed by atoms with E-state index in [9.17, 15) is 0 Å². The summed E-state index contributed by atoms with van der Waals surface area (Å²) < 4.78 is 0. The van der Waals surface area contributed by atoms with Gasteiger partial charge in [0.2, 0.25) is 0 Å². The molecule has 4 heteroatoms. The van der Waals surface area contributed by atoms with E-state index in [0.717, 1.165) is 51.0 Å². The maximum atomic E-state index is 4.66. The van der Waals surface area contributed by atoms with Gasteiger partial charge in [0, 0.05) is 43.5 Å². The highest BCUT2D eigenvalue weighted by Gasteiger charge is 2.31. The first-order valence-corrected chi connectivity index (χ1v) is 9.77. The summed E-state index contributed by atoms with van der Waals surface area (Å²) in [7, 11) is 0. The van der Waals surface area contributed by atoms with Crippen molar-refractivity contribution < 1.29 is 0 Å². The molecule has 0 bridgehead atoms. The molecule has 4 nitrogen and oxygen atoms in total. The first-order chi connectivity index (χ1) is 12.7. The van der Waals surface area contributed by atoms with Crippen molar-refractivity contribution in [3.63, 3.8) is 0 Å². The number of hydrogen-bond acceptors (Lipinski definition) is 4. The highest BCUT2D eigenvalue weighted by atomic mass is 15.5. The average molecular weight is 348 g/mol. The monoisotopic (exact) mass is 348 g/mol. The first-order valence-electron chi connectivity index (χ1n) is 9.77. The van der Waals surface area contributed by atoms with Crippen molar-refractivity contribution in [2.45, 2.75) is 45.1 Å². The Balaban J connectivity index is 1.38. The van der Waals surface area contributed by atoms with Gasteiger partial charge < -0.3 is 4.90 Å². The molecule has 3 heterocycles. The van der Waals surface area contributed by atoms with Gasteiger partial charge >= 0.3 is 0 Å². The number of aryl methyl sites for hydroxylation is 1. The van der Waals surface area contributed by atoms with Crippen molar-refractivity contribution in [2.24, 2.45) is 11.0 Å². The van der Waals surface area contributed by atoms with Gasteiger partial charge in [-0.15, -0.1) is 0 Å². The summed E-state index contributed by atoms with van der Waals surface area (Å²) in [4.78, 5) is 6.97. The Morgan fingerprint density at radius 1 is 1.19 bits per heavy atom. The fourth-order valence-electron chi connectivity index (χ4n) is 4.12. The highest BCUT2D eigenvalue weighted by molar-refractivity contribution is 5.62. The summed E-state index contributed by atoms with van der Waals surface area (Å²) in [5, 5.41) is 6.85. The molecule has 2 aliphatic heterocycles. The lowest BCUT2D eigenvalue weighted by Crippen LogP contribution is -2.38. The van der Waals surface area contributed by atoms with Gasteiger partial charge in [-0.25, -0.2) is 4.98 Å². The van der Waals surface area contributed by atoms with Crippen LogP contribution >= 0.6 is 0 Å². The largest absolute Gasteiger partial charge is 0.357 e. The molecule has 0 aromatic carbocycles. The number of rotatable bonds is 4. The van der Waals surface area contributed by atoms with Crippen LogP contribution in [0.5, 0.6) is 0 Å². The van der Waals surface area contributed by atoms with E-state index in [1.54, 1.807) is 0 Å². The quantitative estimate of drug-likeness (QED) is 0.805. The van der Waals surface area contributed by atoms with E-state index in [0.29, 0.717) is 12.0 Å². The SMILES string of the molecule is C=C(C1CCN(c2ccc(C)cn2)CC1)N1N=CCC1C1=CCCC=C1. The summed E-state index contributed by atoms with van der Waals surface area (Å²) in [5.41, 5.74) is 3.79. The lowest BCUT2D eigenvalue weighted by Gasteiger charge is -2.37. The maximum absolute atomic E-state index is 4.66. The Morgan fingerprint density at radius 3 is 2.73 bits per heavy atom. The predicted octanol–water partition coefficient (Wildman–Crippen LogP) is 4.46. The van der Waals surface area contributed by atoms with Crippen LogP contribution < -0.4 is 4.90 Å². The van der Waals surface area contributed by atoms with Crippen LogP contribution in [0.1, 0.15) is 37.7 Å². The van der Waals surface area contributed by atoms with Crippen molar-refractivity contribution >= 4 is 12.0 Å². The summed E-state index contributed by atoms with van der Waals surface area (Å²) in [6.45, 7) is 8.59. The summed E-state index contributed by atoms with van der Waals surface area (Å²) in [6.07, 6.45) is 16.4. The minimum Gasteiger partial charge on any atom is -0.357 e. The zero-order valence-electron chi connectivity index (χ0n) is 15.6. The van der Waals surface area contributed by atoms with Gasteiger partial charge in [0.05, 0.1) is 6.04 Å². The molecule has 1 unspecified atom stereocenters. The second-order valence-electron chi connectivity index (χ2n) is 7.52. The summed E-state index contributed by atoms with van der Waals surface area (Å²) in [6, 6.07) is 4.62. The number of hydrazone groups is 1. The zero-order chi connectivity index (χ0) is 17.9. The number of aromatic nitrogens is 1. The Morgan fingerprint density at radius 2 is 2.04 bits per heavy atom. The van der Waals surface area contributed by atoms with Crippen LogP contribution in [0.3, 0.4) is 0 Å².